The van der Waals surface area contributed by atoms with Crippen LogP contribution in [0.4, 0.5) is 14.6 Å². The maximum Gasteiger partial charge on any atom is 0.161 e. The van der Waals surface area contributed by atoms with E-state index in [1.54, 1.807) is 13.3 Å². The van der Waals surface area contributed by atoms with E-state index in [0.29, 0.717) is 36.5 Å². The second-order valence-corrected chi connectivity index (χ2v) is 6.32. The minimum Gasteiger partial charge on any atom is -0.382 e. The third-order valence-electron chi connectivity index (χ3n) is 3.73. The Balaban J connectivity index is 1.93. The van der Waals surface area contributed by atoms with Crippen LogP contribution in [-0.4, -0.2) is 48.5 Å². The quantitative estimate of drug-likeness (QED) is 0.869. The van der Waals surface area contributed by atoms with Gasteiger partial charge in [-0.05, 0) is 13.8 Å². The van der Waals surface area contributed by atoms with E-state index in [1.165, 1.54) is 0 Å². The monoisotopic (exact) mass is 323 g/mol. The summed E-state index contributed by atoms with van der Waals surface area (Å²) in [6.45, 7) is 5.68. The first-order valence-corrected chi connectivity index (χ1v) is 7.41. The number of hydrogen-bond acceptors (Lipinski definition) is 5. The van der Waals surface area contributed by atoms with Gasteiger partial charge in [0.05, 0.1) is 35.5 Å². The van der Waals surface area contributed by atoms with Gasteiger partial charge in [0, 0.05) is 32.3 Å². The Kier molecular flexibility index (Phi) is 4.16. The zero-order valence-corrected chi connectivity index (χ0v) is 13.3. The zero-order chi connectivity index (χ0) is 16.6. The molecule has 5 nitrogen and oxygen atoms in total. The molecular formula is C16H19F2N3O2. The second-order valence-electron chi connectivity index (χ2n) is 6.32. The molecule has 3 rings (SSSR count). The fourth-order valence-corrected chi connectivity index (χ4v) is 2.89. The van der Waals surface area contributed by atoms with Gasteiger partial charge in [0.25, 0.3) is 0 Å². The summed E-state index contributed by atoms with van der Waals surface area (Å²) in [5, 5.41) is 0. The predicted molar refractivity (Wildman–Crippen MR) is 82.5 cm³/mol. The van der Waals surface area contributed by atoms with Crippen molar-refractivity contribution < 1.29 is 18.3 Å². The van der Waals surface area contributed by atoms with Gasteiger partial charge in [-0.3, -0.25) is 4.98 Å². The van der Waals surface area contributed by atoms with Crippen LogP contribution in [0.1, 0.15) is 13.8 Å². The normalized spacial score (nSPS) is 20.9. The lowest BCUT2D eigenvalue weighted by Gasteiger charge is -2.43. The van der Waals surface area contributed by atoms with E-state index >= 15 is 0 Å². The van der Waals surface area contributed by atoms with Crippen LogP contribution in [0, 0.1) is 11.6 Å². The zero-order valence-electron chi connectivity index (χ0n) is 13.3. The standard InChI is InChI=1S/C16H19F2N3O2/c1-16(2)9-21(7-10(23-16)8-22-3)15-6-19-13-4-11(17)12(18)5-14(13)20-15/h4-6,10H,7-9H2,1-3H3/t10-/m0/s1. The topological polar surface area (TPSA) is 47.5 Å². The third-order valence-corrected chi connectivity index (χ3v) is 3.73. The van der Waals surface area contributed by atoms with Crippen molar-refractivity contribution in [1.82, 2.24) is 9.97 Å². The van der Waals surface area contributed by atoms with Gasteiger partial charge in [-0.15, -0.1) is 0 Å². The number of hydrogen-bond donors (Lipinski definition) is 0. The van der Waals surface area contributed by atoms with Crippen LogP contribution in [0.5, 0.6) is 0 Å². The third kappa shape index (κ3) is 3.40. The highest BCUT2D eigenvalue weighted by molar-refractivity contribution is 5.75. The summed E-state index contributed by atoms with van der Waals surface area (Å²) in [5.41, 5.74) is 0.286. The molecule has 1 fully saturated rings. The Morgan fingerprint density at radius 2 is 2.00 bits per heavy atom. The number of benzene rings is 1. The van der Waals surface area contributed by atoms with Crippen LogP contribution in [0.25, 0.3) is 11.0 Å². The molecule has 1 aromatic heterocycles. The van der Waals surface area contributed by atoms with Gasteiger partial charge in [0.2, 0.25) is 0 Å². The summed E-state index contributed by atoms with van der Waals surface area (Å²) in [4.78, 5) is 10.6. The first kappa shape index (κ1) is 16.0. The van der Waals surface area contributed by atoms with Gasteiger partial charge in [-0.1, -0.05) is 0 Å². The van der Waals surface area contributed by atoms with Crippen LogP contribution in [0.3, 0.4) is 0 Å². The molecule has 1 aliphatic rings. The largest absolute Gasteiger partial charge is 0.382 e. The molecule has 1 atom stereocenters. The highest BCUT2D eigenvalue weighted by atomic mass is 19.2. The van der Waals surface area contributed by atoms with Gasteiger partial charge < -0.3 is 14.4 Å². The van der Waals surface area contributed by atoms with E-state index in [4.69, 9.17) is 9.47 Å². The number of rotatable bonds is 3. The van der Waals surface area contributed by atoms with Crippen molar-refractivity contribution in [3.63, 3.8) is 0 Å². The number of aromatic nitrogens is 2. The number of ether oxygens (including phenoxy) is 2. The highest BCUT2D eigenvalue weighted by Gasteiger charge is 2.34. The van der Waals surface area contributed by atoms with E-state index in [0.717, 1.165) is 12.1 Å². The Morgan fingerprint density at radius 3 is 2.70 bits per heavy atom. The van der Waals surface area contributed by atoms with Crippen molar-refractivity contribution in [3.05, 3.63) is 30.0 Å². The summed E-state index contributed by atoms with van der Waals surface area (Å²) >= 11 is 0. The Labute approximate surface area is 133 Å². The van der Waals surface area contributed by atoms with Crippen LogP contribution in [-0.2, 0) is 9.47 Å². The lowest BCUT2D eigenvalue weighted by molar-refractivity contribution is -0.106. The maximum atomic E-state index is 13.4. The molecule has 0 amide bonds. The number of fused-ring (bicyclic) bond motifs is 1. The van der Waals surface area contributed by atoms with Crippen molar-refractivity contribution in [1.29, 1.82) is 0 Å². The molecule has 0 N–H and O–H groups in total. The summed E-state index contributed by atoms with van der Waals surface area (Å²) in [6, 6.07) is 2.12. The molecular weight excluding hydrogens is 304 g/mol. The summed E-state index contributed by atoms with van der Waals surface area (Å²) in [6.07, 6.45) is 1.48. The summed E-state index contributed by atoms with van der Waals surface area (Å²) in [7, 11) is 1.63. The van der Waals surface area contributed by atoms with E-state index in [1.807, 2.05) is 18.7 Å². The van der Waals surface area contributed by atoms with E-state index < -0.39 is 11.6 Å². The molecule has 2 heterocycles. The fraction of sp³-hybridized carbons (Fsp3) is 0.500. The van der Waals surface area contributed by atoms with E-state index in [9.17, 15) is 8.78 Å². The van der Waals surface area contributed by atoms with Crippen molar-refractivity contribution in [3.8, 4) is 0 Å². The van der Waals surface area contributed by atoms with Crippen molar-refractivity contribution in [2.75, 3.05) is 31.7 Å². The van der Waals surface area contributed by atoms with Crippen molar-refractivity contribution in [2.45, 2.75) is 25.6 Å². The average Bonchev–Trinajstić information content (AvgIpc) is 2.46. The van der Waals surface area contributed by atoms with Gasteiger partial charge >= 0.3 is 0 Å². The number of morpholine rings is 1. The van der Waals surface area contributed by atoms with Gasteiger partial charge in [-0.25, -0.2) is 13.8 Å². The second kappa shape index (κ2) is 5.98. The summed E-state index contributed by atoms with van der Waals surface area (Å²) < 4.78 is 37.8. The highest BCUT2D eigenvalue weighted by Crippen LogP contribution is 2.26. The fourth-order valence-electron chi connectivity index (χ4n) is 2.89. The molecule has 124 valence electrons. The molecule has 0 aliphatic carbocycles. The SMILES string of the molecule is COC[C@@H]1CN(c2cnc3cc(F)c(F)cc3n2)CC(C)(C)O1. The van der Waals surface area contributed by atoms with Crippen LogP contribution >= 0.6 is 0 Å². The summed E-state index contributed by atoms with van der Waals surface area (Å²) in [5.74, 6) is -1.24. The minimum atomic E-state index is -0.927. The van der Waals surface area contributed by atoms with Crippen LogP contribution in [0.15, 0.2) is 18.3 Å². The van der Waals surface area contributed by atoms with E-state index in [-0.39, 0.29) is 11.7 Å². The van der Waals surface area contributed by atoms with Crippen LogP contribution < -0.4 is 4.90 Å². The lowest BCUT2D eigenvalue weighted by atomic mass is 10.1. The first-order chi connectivity index (χ1) is 10.9. The molecule has 0 bridgehead atoms. The molecule has 1 saturated heterocycles. The molecule has 0 unspecified atom stereocenters. The molecule has 1 aliphatic heterocycles. The van der Waals surface area contributed by atoms with Gasteiger partial charge in [-0.2, -0.15) is 0 Å². The molecule has 7 heteroatoms. The van der Waals surface area contributed by atoms with Gasteiger partial charge in [0.15, 0.2) is 11.6 Å². The minimum absolute atomic E-state index is 0.0915. The molecule has 2 aromatic rings. The molecule has 1 aromatic carbocycles. The Hall–Kier alpha value is -1.86. The Bertz CT molecular complexity index is 724. The predicted octanol–water partition coefficient (Wildman–Crippen LogP) is 2.54. The smallest absolute Gasteiger partial charge is 0.161 e. The first-order valence-electron chi connectivity index (χ1n) is 7.41. The molecule has 0 radical (unpaired) electrons. The van der Waals surface area contributed by atoms with E-state index in [2.05, 4.69) is 9.97 Å². The number of nitrogens with zero attached hydrogens (tertiary/aromatic N) is 3. The number of methoxy groups -OCH3 is 1. The number of anilines is 1. The molecule has 0 saturated carbocycles. The Morgan fingerprint density at radius 1 is 1.30 bits per heavy atom. The number of halogens is 2. The van der Waals surface area contributed by atoms with Crippen molar-refractivity contribution in [2.24, 2.45) is 0 Å². The average molecular weight is 323 g/mol. The lowest BCUT2D eigenvalue weighted by Crippen LogP contribution is -2.54. The molecule has 23 heavy (non-hydrogen) atoms. The molecule has 0 spiro atoms. The van der Waals surface area contributed by atoms with Crippen LogP contribution in [0.2, 0.25) is 0 Å². The van der Waals surface area contributed by atoms with Gasteiger partial charge in [0.1, 0.15) is 5.82 Å². The maximum absolute atomic E-state index is 13.4. The van der Waals surface area contributed by atoms with Crippen molar-refractivity contribution >= 4 is 16.9 Å².